The number of carbonyl (C=O) groups excluding carboxylic acids is 2. The Labute approximate surface area is 221 Å². The number of hydrogen-bond donors (Lipinski definition) is 0. The summed E-state index contributed by atoms with van der Waals surface area (Å²) in [4.78, 5) is 28.0. The Balaban J connectivity index is 1.74. The Morgan fingerprint density at radius 2 is 1.57 bits per heavy atom. The van der Waals surface area contributed by atoms with E-state index in [2.05, 4.69) is 0 Å². The molecule has 1 fully saturated rings. The number of benzene rings is 2. The Morgan fingerprint density at radius 3 is 2.16 bits per heavy atom. The van der Waals surface area contributed by atoms with Crippen molar-refractivity contribution in [2.24, 2.45) is 11.8 Å². The first-order valence-corrected chi connectivity index (χ1v) is 14.0. The summed E-state index contributed by atoms with van der Waals surface area (Å²) in [6.07, 6.45) is -0.229. The van der Waals surface area contributed by atoms with Gasteiger partial charge in [0.2, 0.25) is 5.91 Å². The van der Waals surface area contributed by atoms with E-state index < -0.39 is 38.7 Å². The number of piperazine rings is 1. The Morgan fingerprint density at radius 1 is 0.973 bits per heavy atom. The second-order valence-corrected chi connectivity index (χ2v) is 12.1. The standard InChI is InChI=1S/C26H31ClF2N2O5S/c1-17(2)14-24(32)30-10-12-31(13-11-30)26(33)36-16-18(3)25(22-15-20(28)6-9-23(22)29)37(34,35)21-7-4-19(27)5-8-21/h4-9,15,17-18,25H,10-14,16H2,1-3H3/t18-,25+/m1/s1. The van der Waals surface area contributed by atoms with Gasteiger partial charge in [0.1, 0.15) is 11.6 Å². The number of carbonyl (C=O) groups is 2. The molecule has 0 aromatic heterocycles. The van der Waals surface area contributed by atoms with Gasteiger partial charge in [-0.1, -0.05) is 32.4 Å². The summed E-state index contributed by atoms with van der Waals surface area (Å²) in [6.45, 7) is 6.38. The van der Waals surface area contributed by atoms with E-state index in [4.69, 9.17) is 16.3 Å². The Kier molecular flexibility index (Phi) is 9.52. The topological polar surface area (TPSA) is 84.0 Å². The van der Waals surface area contributed by atoms with Gasteiger partial charge in [-0.3, -0.25) is 4.79 Å². The van der Waals surface area contributed by atoms with Gasteiger partial charge in [-0.2, -0.15) is 0 Å². The van der Waals surface area contributed by atoms with E-state index in [1.54, 1.807) is 4.90 Å². The average molecular weight is 557 g/mol. The third-order valence-electron chi connectivity index (χ3n) is 6.20. The van der Waals surface area contributed by atoms with Crippen LogP contribution in [-0.4, -0.2) is 63.0 Å². The molecule has 37 heavy (non-hydrogen) atoms. The molecule has 3 rings (SSSR count). The van der Waals surface area contributed by atoms with Crippen molar-refractivity contribution < 1.29 is 31.5 Å². The van der Waals surface area contributed by atoms with Gasteiger partial charge in [-0.05, 0) is 48.4 Å². The molecule has 7 nitrogen and oxygen atoms in total. The number of amides is 2. The molecule has 0 bridgehead atoms. The van der Waals surface area contributed by atoms with Crippen LogP contribution < -0.4 is 0 Å². The molecule has 1 heterocycles. The van der Waals surface area contributed by atoms with Gasteiger partial charge in [0.25, 0.3) is 0 Å². The third kappa shape index (κ3) is 7.19. The molecule has 0 spiro atoms. The smallest absolute Gasteiger partial charge is 0.409 e. The third-order valence-corrected chi connectivity index (χ3v) is 8.77. The van der Waals surface area contributed by atoms with Gasteiger partial charge in [0.05, 0.1) is 16.8 Å². The highest BCUT2D eigenvalue weighted by atomic mass is 35.5. The van der Waals surface area contributed by atoms with Crippen LogP contribution in [0.25, 0.3) is 0 Å². The van der Waals surface area contributed by atoms with E-state index >= 15 is 0 Å². The lowest BCUT2D eigenvalue weighted by Crippen LogP contribution is -2.51. The lowest BCUT2D eigenvalue weighted by atomic mass is 10.0. The molecule has 2 atom stereocenters. The number of hydrogen-bond acceptors (Lipinski definition) is 5. The molecule has 1 aliphatic rings. The molecule has 202 valence electrons. The van der Waals surface area contributed by atoms with Crippen LogP contribution in [0, 0.1) is 23.5 Å². The number of sulfone groups is 1. The molecule has 0 radical (unpaired) electrons. The Bertz CT molecular complexity index is 1220. The summed E-state index contributed by atoms with van der Waals surface area (Å²) in [7, 11) is -4.22. The molecule has 0 aliphatic carbocycles. The van der Waals surface area contributed by atoms with Crippen molar-refractivity contribution in [3.63, 3.8) is 0 Å². The van der Waals surface area contributed by atoms with Crippen molar-refractivity contribution in [2.45, 2.75) is 37.3 Å². The van der Waals surface area contributed by atoms with Gasteiger partial charge in [-0.15, -0.1) is 0 Å². The number of halogens is 3. The monoisotopic (exact) mass is 556 g/mol. The fourth-order valence-corrected chi connectivity index (χ4v) is 6.42. The van der Waals surface area contributed by atoms with Crippen LogP contribution in [0.15, 0.2) is 47.4 Å². The van der Waals surface area contributed by atoms with Crippen LogP contribution in [0.4, 0.5) is 13.6 Å². The van der Waals surface area contributed by atoms with E-state index in [1.807, 2.05) is 13.8 Å². The van der Waals surface area contributed by atoms with E-state index in [0.29, 0.717) is 24.5 Å². The average Bonchev–Trinajstić information content (AvgIpc) is 2.84. The summed E-state index contributed by atoms with van der Waals surface area (Å²) in [6, 6.07) is 7.99. The van der Waals surface area contributed by atoms with E-state index in [1.165, 1.54) is 36.1 Å². The molecule has 2 aromatic rings. The minimum Gasteiger partial charge on any atom is -0.449 e. The van der Waals surface area contributed by atoms with Gasteiger partial charge >= 0.3 is 6.09 Å². The normalized spacial score (nSPS) is 16.0. The molecular formula is C26H31ClF2N2O5S. The molecule has 0 saturated carbocycles. The van der Waals surface area contributed by atoms with Crippen LogP contribution >= 0.6 is 11.6 Å². The van der Waals surface area contributed by atoms with Crippen LogP contribution in [0.5, 0.6) is 0 Å². The van der Waals surface area contributed by atoms with Crippen LogP contribution in [0.2, 0.25) is 5.02 Å². The van der Waals surface area contributed by atoms with Crippen molar-refractivity contribution in [1.29, 1.82) is 0 Å². The highest BCUT2D eigenvalue weighted by Crippen LogP contribution is 2.37. The minimum absolute atomic E-state index is 0.0315. The maximum Gasteiger partial charge on any atom is 0.409 e. The molecule has 11 heteroatoms. The van der Waals surface area contributed by atoms with Crippen LogP contribution in [0.3, 0.4) is 0 Å². The fourth-order valence-electron chi connectivity index (χ4n) is 4.28. The SMILES string of the molecule is CC(C)CC(=O)N1CCN(C(=O)OC[C@@H](C)[C@@H](c2cc(F)ccc2F)S(=O)(=O)c2ccc(Cl)cc2)CC1. The van der Waals surface area contributed by atoms with E-state index in [9.17, 15) is 26.8 Å². The second kappa shape index (κ2) is 12.2. The molecule has 0 N–H and O–H groups in total. The van der Waals surface area contributed by atoms with E-state index in [0.717, 1.165) is 18.2 Å². The second-order valence-electron chi connectivity index (χ2n) is 9.61. The molecule has 1 saturated heterocycles. The summed E-state index contributed by atoms with van der Waals surface area (Å²) in [5, 5.41) is -1.21. The highest BCUT2D eigenvalue weighted by molar-refractivity contribution is 7.91. The summed E-state index contributed by atoms with van der Waals surface area (Å²) >= 11 is 5.89. The number of nitrogens with zero attached hydrogens (tertiary/aromatic N) is 2. The maximum atomic E-state index is 14.8. The largest absolute Gasteiger partial charge is 0.449 e. The van der Waals surface area contributed by atoms with Crippen molar-refractivity contribution in [1.82, 2.24) is 9.80 Å². The summed E-state index contributed by atoms with van der Waals surface area (Å²) in [5.74, 6) is -2.33. The van der Waals surface area contributed by atoms with Gasteiger partial charge < -0.3 is 14.5 Å². The first-order valence-electron chi connectivity index (χ1n) is 12.0. The minimum atomic E-state index is -4.22. The first kappa shape index (κ1) is 28.8. The lowest BCUT2D eigenvalue weighted by molar-refractivity contribution is -0.133. The van der Waals surface area contributed by atoms with Crippen LogP contribution in [-0.2, 0) is 19.4 Å². The number of ether oxygens (including phenoxy) is 1. The fraction of sp³-hybridized carbons (Fsp3) is 0.462. The predicted octanol–water partition coefficient (Wildman–Crippen LogP) is 5.10. The van der Waals surface area contributed by atoms with Crippen molar-refractivity contribution in [3.05, 3.63) is 64.7 Å². The van der Waals surface area contributed by atoms with Crippen molar-refractivity contribution in [2.75, 3.05) is 32.8 Å². The molecule has 1 aliphatic heterocycles. The lowest BCUT2D eigenvalue weighted by Gasteiger charge is -2.35. The van der Waals surface area contributed by atoms with E-state index in [-0.39, 0.29) is 42.0 Å². The zero-order chi connectivity index (χ0) is 27.3. The molecule has 0 unspecified atom stereocenters. The molecule has 2 aromatic carbocycles. The Hall–Kier alpha value is -2.72. The zero-order valence-corrected chi connectivity index (χ0v) is 22.6. The van der Waals surface area contributed by atoms with Gasteiger partial charge in [-0.25, -0.2) is 22.0 Å². The molecular weight excluding hydrogens is 526 g/mol. The predicted molar refractivity (Wildman–Crippen MR) is 136 cm³/mol. The van der Waals surface area contributed by atoms with Crippen molar-refractivity contribution >= 4 is 33.4 Å². The van der Waals surface area contributed by atoms with Crippen LogP contribution in [0.1, 0.15) is 38.0 Å². The number of rotatable bonds is 8. The van der Waals surface area contributed by atoms with Gasteiger partial charge in [0.15, 0.2) is 9.84 Å². The summed E-state index contributed by atoms with van der Waals surface area (Å²) in [5.41, 5.74) is -0.351. The summed E-state index contributed by atoms with van der Waals surface area (Å²) < 4.78 is 61.3. The maximum absolute atomic E-state index is 14.8. The first-order chi connectivity index (χ1) is 17.4. The molecule has 2 amide bonds. The van der Waals surface area contributed by atoms with Crippen molar-refractivity contribution in [3.8, 4) is 0 Å². The highest BCUT2D eigenvalue weighted by Gasteiger charge is 2.37. The van der Waals surface area contributed by atoms with Gasteiger partial charge in [0, 0.05) is 49.1 Å². The quantitative estimate of drug-likeness (QED) is 0.452. The zero-order valence-electron chi connectivity index (χ0n) is 21.0.